The van der Waals surface area contributed by atoms with Gasteiger partial charge in [0, 0.05) is 16.6 Å². The molecule has 0 aliphatic rings. The van der Waals surface area contributed by atoms with Crippen LogP contribution < -0.4 is 5.32 Å². The molecule has 1 amide bonds. The summed E-state index contributed by atoms with van der Waals surface area (Å²) in [7, 11) is 0. The molecule has 84 valence electrons. The highest BCUT2D eigenvalue weighted by atomic mass is 32.2. The van der Waals surface area contributed by atoms with Crippen LogP contribution in [0.5, 0.6) is 0 Å². The monoisotopic (exact) mass is 244 g/mol. The molecule has 0 unspecified atom stereocenters. The number of thioether (sulfide) groups is 1. The van der Waals surface area contributed by atoms with Gasteiger partial charge in [-0.2, -0.15) is 0 Å². The third kappa shape index (κ3) is 5.18. The van der Waals surface area contributed by atoms with Gasteiger partial charge in [-0.25, -0.2) is 4.98 Å². The molecule has 0 aromatic carbocycles. The lowest BCUT2D eigenvalue weighted by Crippen LogP contribution is -2.41. The minimum absolute atomic E-state index is 0.0559. The smallest absolute Gasteiger partial charge is 0.230 e. The first-order valence-corrected chi connectivity index (χ1v) is 6.59. The number of aromatic nitrogens is 1. The summed E-state index contributed by atoms with van der Waals surface area (Å²) < 4.78 is 0.955. The Labute approximate surface area is 98.7 Å². The van der Waals surface area contributed by atoms with Crippen molar-refractivity contribution in [2.45, 2.75) is 37.6 Å². The third-order valence-corrected chi connectivity index (χ3v) is 3.58. The van der Waals surface area contributed by atoms with Crippen molar-refractivity contribution < 1.29 is 4.79 Å². The zero-order valence-corrected chi connectivity index (χ0v) is 11.1. The molecular weight excluding hydrogens is 228 g/mol. The molecule has 0 aliphatic heterocycles. The summed E-state index contributed by atoms with van der Waals surface area (Å²) in [4.78, 5) is 15.8. The van der Waals surface area contributed by atoms with E-state index in [-0.39, 0.29) is 11.4 Å². The first kappa shape index (κ1) is 12.5. The van der Waals surface area contributed by atoms with Crippen molar-refractivity contribution in [3.8, 4) is 0 Å². The quantitative estimate of drug-likeness (QED) is 0.831. The van der Waals surface area contributed by atoms with E-state index in [4.69, 9.17) is 0 Å². The van der Waals surface area contributed by atoms with E-state index in [2.05, 4.69) is 10.3 Å². The number of nitrogens with zero attached hydrogens (tertiary/aromatic N) is 1. The van der Waals surface area contributed by atoms with Gasteiger partial charge >= 0.3 is 0 Å². The van der Waals surface area contributed by atoms with Gasteiger partial charge < -0.3 is 5.32 Å². The van der Waals surface area contributed by atoms with E-state index >= 15 is 0 Å². The average molecular weight is 244 g/mol. The van der Waals surface area contributed by atoms with Crippen LogP contribution in [0, 0.1) is 6.92 Å². The average Bonchev–Trinajstić information content (AvgIpc) is 2.45. The van der Waals surface area contributed by atoms with Crippen LogP contribution in [-0.4, -0.2) is 22.2 Å². The summed E-state index contributed by atoms with van der Waals surface area (Å²) in [6, 6.07) is 0. The Bertz CT molecular complexity index is 341. The molecule has 1 N–H and O–H groups in total. The number of nitrogens with one attached hydrogen (secondary N) is 1. The van der Waals surface area contributed by atoms with E-state index in [0.717, 1.165) is 10.0 Å². The molecule has 0 bridgehead atoms. The molecule has 1 aromatic heterocycles. The molecule has 0 aliphatic carbocycles. The number of carbonyl (C=O) groups is 1. The number of amides is 1. The van der Waals surface area contributed by atoms with Crippen molar-refractivity contribution in [3.05, 3.63) is 11.1 Å². The minimum Gasteiger partial charge on any atom is -0.351 e. The number of thiazole rings is 1. The highest BCUT2D eigenvalue weighted by molar-refractivity contribution is 8.01. The predicted octanol–water partition coefficient (Wildman–Crippen LogP) is 2.46. The normalized spacial score (nSPS) is 11.5. The van der Waals surface area contributed by atoms with Gasteiger partial charge in [-0.15, -0.1) is 11.3 Å². The van der Waals surface area contributed by atoms with E-state index in [1.54, 1.807) is 11.3 Å². The molecule has 0 fully saturated rings. The molecule has 15 heavy (non-hydrogen) atoms. The molecule has 0 radical (unpaired) electrons. The number of carbonyl (C=O) groups excluding carboxylic acids is 1. The van der Waals surface area contributed by atoms with Crippen LogP contribution >= 0.6 is 23.1 Å². The van der Waals surface area contributed by atoms with Crippen molar-refractivity contribution in [2.24, 2.45) is 0 Å². The number of rotatable bonds is 3. The molecule has 0 saturated carbocycles. The molecule has 0 saturated heterocycles. The minimum atomic E-state index is -0.156. The van der Waals surface area contributed by atoms with E-state index in [0.29, 0.717) is 5.75 Å². The fraction of sp³-hybridized carbons (Fsp3) is 0.600. The van der Waals surface area contributed by atoms with Crippen molar-refractivity contribution in [1.29, 1.82) is 0 Å². The lowest BCUT2D eigenvalue weighted by molar-refractivity contribution is -0.119. The zero-order chi connectivity index (χ0) is 11.5. The van der Waals surface area contributed by atoms with E-state index < -0.39 is 0 Å². The van der Waals surface area contributed by atoms with Crippen molar-refractivity contribution in [2.75, 3.05) is 5.75 Å². The van der Waals surface area contributed by atoms with Gasteiger partial charge in [-0.3, -0.25) is 4.79 Å². The maximum atomic E-state index is 11.5. The van der Waals surface area contributed by atoms with Gasteiger partial charge in [0.05, 0.1) is 5.75 Å². The maximum Gasteiger partial charge on any atom is 0.230 e. The lowest BCUT2D eigenvalue weighted by Gasteiger charge is -2.19. The molecule has 0 spiro atoms. The van der Waals surface area contributed by atoms with Crippen LogP contribution in [0.15, 0.2) is 9.72 Å². The Hall–Kier alpha value is -0.550. The summed E-state index contributed by atoms with van der Waals surface area (Å²) in [6.45, 7) is 7.88. The molecule has 1 rings (SSSR count). The zero-order valence-electron chi connectivity index (χ0n) is 9.46. The van der Waals surface area contributed by atoms with Gasteiger partial charge in [-0.05, 0) is 27.7 Å². The number of aryl methyl sites for hydroxylation is 1. The standard InChI is InChI=1S/C10H16N2OS2/c1-7-5-14-9(11-7)15-6-8(13)12-10(2,3)4/h5H,6H2,1-4H3,(H,12,13). The topological polar surface area (TPSA) is 42.0 Å². The Balaban J connectivity index is 2.35. The molecular formula is C10H16N2OS2. The molecule has 1 aromatic rings. The van der Waals surface area contributed by atoms with E-state index in [1.165, 1.54) is 11.8 Å². The Kier molecular flexibility index (Phi) is 4.16. The molecule has 3 nitrogen and oxygen atoms in total. The Morgan fingerprint density at radius 1 is 1.60 bits per heavy atom. The summed E-state index contributed by atoms with van der Waals surface area (Å²) >= 11 is 3.07. The maximum absolute atomic E-state index is 11.5. The van der Waals surface area contributed by atoms with Crippen LogP contribution in [-0.2, 0) is 4.79 Å². The summed E-state index contributed by atoms with van der Waals surface area (Å²) in [5.74, 6) is 0.491. The van der Waals surface area contributed by atoms with Crippen LogP contribution in [0.1, 0.15) is 26.5 Å². The van der Waals surface area contributed by atoms with Crippen LogP contribution in [0.3, 0.4) is 0 Å². The second-order valence-electron chi connectivity index (χ2n) is 4.34. The highest BCUT2D eigenvalue weighted by Gasteiger charge is 2.14. The van der Waals surface area contributed by atoms with Crippen molar-refractivity contribution in [1.82, 2.24) is 10.3 Å². The third-order valence-electron chi connectivity index (χ3n) is 1.44. The Morgan fingerprint density at radius 2 is 2.27 bits per heavy atom. The van der Waals surface area contributed by atoms with Gasteiger partial charge in [-0.1, -0.05) is 11.8 Å². The number of hydrogen-bond donors (Lipinski definition) is 1. The largest absolute Gasteiger partial charge is 0.351 e. The summed E-state index contributed by atoms with van der Waals surface area (Å²) in [5.41, 5.74) is 0.856. The lowest BCUT2D eigenvalue weighted by atomic mass is 10.1. The van der Waals surface area contributed by atoms with Crippen LogP contribution in [0.25, 0.3) is 0 Å². The van der Waals surface area contributed by atoms with E-state index in [9.17, 15) is 4.79 Å². The first-order chi connectivity index (χ1) is 6.87. The SMILES string of the molecule is Cc1csc(SCC(=O)NC(C)(C)C)n1. The predicted molar refractivity (Wildman–Crippen MR) is 65.5 cm³/mol. The summed E-state index contributed by atoms with van der Waals surface area (Å²) in [5, 5.41) is 4.90. The molecule has 0 atom stereocenters. The fourth-order valence-corrected chi connectivity index (χ4v) is 2.63. The summed E-state index contributed by atoms with van der Waals surface area (Å²) in [6.07, 6.45) is 0. The molecule has 1 heterocycles. The fourth-order valence-electron chi connectivity index (χ4n) is 0.980. The van der Waals surface area contributed by atoms with Gasteiger partial charge in [0.1, 0.15) is 0 Å². The second kappa shape index (κ2) is 4.99. The van der Waals surface area contributed by atoms with Crippen molar-refractivity contribution in [3.63, 3.8) is 0 Å². The van der Waals surface area contributed by atoms with Gasteiger partial charge in [0.15, 0.2) is 4.34 Å². The van der Waals surface area contributed by atoms with Gasteiger partial charge in [0.25, 0.3) is 0 Å². The van der Waals surface area contributed by atoms with Crippen LogP contribution in [0.2, 0.25) is 0 Å². The Morgan fingerprint density at radius 3 is 2.73 bits per heavy atom. The van der Waals surface area contributed by atoms with Crippen molar-refractivity contribution >= 4 is 29.0 Å². The van der Waals surface area contributed by atoms with Gasteiger partial charge in [0.2, 0.25) is 5.91 Å². The number of hydrogen-bond acceptors (Lipinski definition) is 4. The van der Waals surface area contributed by atoms with Crippen LogP contribution in [0.4, 0.5) is 0 Å². The first-order valence-electron chi connectivity index (χ1n) is 4.73. The highest BCUT2D eigenvalue weighted by Crippen LogP contribution is 2.21. The van der Waals surface area contributed by atoms with E-state index in [1.807, 2.05) is 33.1 Å². The second-order valence-corrected chi connectivity index (χ2v) is 6.42. The molecule has 5 heteroatoms.